The third kappa shape index (κ3) is 1.67. The molecule has 1 aromatic heterocycles. The number of nitrogens with zero attached hydrogens (tertiary/aromatic N) is 1. The zero-order chi connectivity index (χ0) is 8.48. The molecule has 0 saturated heterocycles. The highest BCUT2D eigenvalue weighted by atomic mass is 16.3. The molecule has 0 aliphatic rings. The number of aromatic amines is 1. The van der Waals surface area contributed by atoms with Crippen LogP contribution < -0.4 is 4.43 Å². The van der Waals surface area contributed by atoms with Gasteiger partial charge in [0.25, 0.3) is 5.69 Å². The molecule has 11 heavy (non-hydrogen) atoms. The molecule has 60 valence electrons. The Morgan fingerprint density at radius 2 is 2.09 bits per heavy atom. The number of H-pyrrole nitrogens is 1. The van der Waals surface area contributed by atoms with Crippen molar-refractivity contribution >= 4 is 0 Å². The van der Waals surface area contributed by atoms with Gasteiger partial charge in [0, 0.05) is 4.91 Å². The Balaban J connectivity index is 3.26. The highest BCUT2D eigenvalue weighted by Gasteiger charge is 2.24. The molecule has 0 spiro atoms. The van der Waals surface area contributed by atoms with Crippen molar-refractivity contribution in [3.8, 4) is 0 Å². The standard InChI is InChI=1S/C8H13N2O/c1-8(2,3)7-6-9-4-5-10(7)11/h4-6H,1-3H3,(H,9,11)/q+1. The van der Waals surface area contributed by atoms with Crippen LogP contribution in [-0.2, 0) is 5.41 Å². The van der Waals surface area contributed by atoms with Crippen molar-refractivity contribution in [2.45, 2.75) is 26.2 Å². The van der Waals surface area contributed by atoms with Gasteiger partial charge in [-0.1, -0.05) is 0 Å². The zero-order valence-electron chi connectivity index (χ0n) is 7.09. The first-order valence-corrected chi connectivity index (χ1v) is 3.61. The molecule has 1 rings (SSSR count). The van der Waals surface area contributed by atoms with Gasteiger partial charge in [-0.15, -0.1) is 0 Å². The third-order valence-corrected chi connectivity index (χ3v) is 1.53. The second-order valence-electron chi connectivity index (χ2n) is 3.59. The molecule has 0 fully saturated rings. The maximum absolute atomic E-state index is 11.2. The summed E-state index contributed by atoms with van der Waals surface area (Å²) in [4.78, 5) is 14.1. The second-order valence-corrected chi connectivity index (χ2v) is 3.59. The lowest BCUT2D eigenvalue weighted by Gasteiger charge is -2.09. The first-order chi connectivity index (χ1) is 5.02. The van der Waals surface area contributed by atoms with Gasteiger partial charge in [-0.05, 0) is 20.8 Å². The van der Waals surface area contributed by atoms with Crippen LogP contribution in [0.2, 0.25) is 0 Å². The lowest BCUT2D eigenvalue weighted by molar-refractivity contribution is -0.510. The number of nitrogens with one attached hydrogen (secondary N) is 1. The molecule has 0 bridgehead atoms. The summed E-state index contributed by atoms with van der Waals surface area (Å²) in [7, 11) is 0. The predicted octanol–water partition coefficient (Wildman–Crippen LogP) is 1.23. The summed E-state index contributed by atoms with van der Waals surface area (Å²) in [5.41, 5.74) is 0.652. The number of aromatic nitrogens is 2. The average Bonchev–Trinajstić information content (AvgIpc) is 1.86. The van der Waals surface area contributed by atoms with Crippen molar-refractivity contribution in [1.82, 2.24) is 4.98 Å². The van der Waals surface area contributed by atoms with Crippen LogP contribution in [0.1, 0.15) is 26.5 Å². The van der Waals surface area contributed by atoms with Crippen molar-refractivity contribution in [2.24, 2.45) is 0 Å². The topological polar surface area (TPSA) is 38.8 Å². The van der Waals surface area contributed by atoms with Gasteiger partial charge in [-0.2, -0.15) is 0 Å². The van der Waals surface area contributed by atoms with Crippen LogP contribution in [0.5, 0.6) is 0 Å². The van der Waals surface area contributed by atoms with Gasteiger partial charge in [-0.25, -0.2) is 0 Å². The summed E-state index contributed by atoms with van der Waals surface area (Å²) in [6.45, 7) is 6.01. The maximum Gasteiger partial charge on any atom is 0.260 e. The van der Waals surface area contributed by atoms with Crippen LogP contribution in [0, 0.1) is 4.91 Å². The second kappa shape index (κ2) is 2.49. The van der Waals surface area contributed by atoms with E-state index in [1.807, 2.05) is 20.8 Å². The summed E-state index contributed by atoms with van der Waals surface area (Å²) in [5.74, 6) is 0. The predicted molar refractivity (Wildman–Crippen MR) is 42.9 cm³/mol. The van der Waals surface area contributed by atoms with Crippen molar-refractivity contribution in [1.29, 1.82) is 0 Å². The fourth-order valence-electron chi connectivity index (χ4n) is 0.929. The van der Waals surface area contributed by atoms with Gasteiger partial charge in [0.15, 0.2) is 0 Å². The van der Waals surface area contributed by atoms with E-state index in [0.29, 0.717) is 0 Å². The first kappa shape index (κ1) is 7.98. The van der Waals surface area contributed by atoms with Crippen molar-refractivity contribution < 1.29 is 4.43 Å². The molecule has 0 saturated carbocycles. The Morgan fingerprint density at radius 3 is 2.45 bits per heavy atom. The molecule has 0 unspecified atom stereocenters. The van der Waals surface area contributed by atoms with Gasteiger partial charge in [0.2, 0.25) is 6.20 Å². The minimum Gasteiger partial charge on any atom is -0.357 e. The van der Waals surface area contributed by atoms with Crippen molar-refractivity contribution in [3.05, 3.63) is 29.2 Å². The molecule has 0 aliphatic carbocycles. The summed E-state index contributed by atoms with van der Waals surface area (Å²) in [5, 5.41) is 0. The molecule has 0 radical (unpaired) electrons. The maximum atomic E-state index is 11.2. The summed E-state index contributed by atoms with van der Waals surface area (Å²) in [6, 6.07) is 0. The largest absolute Gasteiger partial charge is 0.357 e. The van der Waals surface area contributed by atoms with Gasteiger partial charge in [-0.3, -0.25) is 0 Å². The lowest BCUT2D eigenvalue weighted by atomic mass is 9.93. The van der Waals surface area contributed by atoms with Crippen molar-refractivity contribution in [3.63, 3.8) is 0 Å². The average molecular weight is 153 g/mol. The van der Waals surface area contributed by atoms with E-state index in [2.05, 4.69) is 4.98 Å². The Labute approximate surface area is 65.7 Å². The van der Waals surface area contributed by atoms with Crippen LogP contribution in [0.4, 0.5) is 0 Å². The fourth-order valence-corrected chi connectivity index (χ4v) is 0.929. The molecule has 0 atom stereocenters. The van der Waals surface area contributed by atoms with Crippen LogP contribution in [-0.4, -0.2) is 4.98 Å². The van der Waals surface area contributed by atoms with E-state index in [4.69, 9.17) is 0 Å². The SMILES string of the molecule is CC(C)(C)c1c[nH]cc[n+]1=O. The minimum atomic E-state index is -0.0977. The molecule has 1 aromatic rings. The fraction of sp³-hybridized carbons (Fsp3) is 0.500. The highest BCUT2D eigenvalue weighted by molar-refractivity contribution is 5.01. The van der Waals surface area contributed by atoms with E-state index >= 15 is 0 Å². The molecule has 3 nitrogen and oxygen atoms in total. The molecule has 1 heterocycles. The van der Waals surface area contributed by atoms with Gasteiger partial charge in [0.1, 0.15) is 0 Å². The number of hydrogen-bond acceptors (Lipinski definition) is 1. The Kier molecular flexibility index (Phi) is 1.81. The molecular formula is C8H13N2O+. The molecule has 0 aromatic carbocycles. The van der Waals surface area contributed by atoms with Crippen LogP contribution >= 0.6 is 0 Å². The molecule has 1 N–H and O–H groups in total. The third-order valence-electron chi connectivity index (χ3n) is 1.53. The van der Waals surface area contributed by atoms with E-state index in [0.717, 1.165) is 10.1 Å². The van der Waals surface area contributed by atoms with Crippen LogP contribution in [0.3, 0.4) is 0 Å². The normalized spacial score (nSPS) is 11.5. The van der Waals surface area contributed by atoms with Gasteiger partial charge in [0.05, 0.1) is 22.2 Å². The molecule has 0 aliphatic heterocycles. The number of hydrogen-bond donors (Lipinski definition) is 1. The van der Waals surface area contributed by atoms with Crippen LogP contribution in [0.25, 0.3) is 0 Å². The molecule has 3 heteroatoms. The van der Waals surface area contributed by atoms with Crippen molar-refractivity contribution in [2.75, 3.05) is 0 Å². The molecular weight excluding hydrogens is 140 g/mol. The van der Waals surface area contributed by atoms with E-state index in [1.54, 1.807) is 12.4 Å². The Bertz CT molecular complexity index is 295. The van der Waals surface area contributed by atoms with E-state index in [9.17, 15) is 4.91 Å². The Morgan fingerprint density at radius 1 is 1.45 bits per heavy atom. The lowest BCUT2D eigenvalue weighted by Crippen LogP contribution is -2.29. The highest BCUT2D eigenvalue weighted by Crippen LogP contribution is 2.15. The monoisotopic (exact) mass is 153 g/mol. The minimum absolute atomic E-state index is 0.0977. The first-order valence-electron chi connectivity index (χ1n) is 3.61. The van der Waals surface area contributed by atoms with E-state index in [1.165, 1.54) is 6.20 Å². The molecule has 0 amide bonds. The number of rotatable bonds is 0. The zero-order valence-corrected chi connectivity index (χ0v) is 7.09. The quantitative estimate of drug-likeness (QED) is 0.559. The van der Waals surface area contributed by atoms with Gasteiger partial charge >= 0.3 is 0 Å². The van der Waals surface area contributed by atoms with Crippen LogP contribution in [0.15, 0.2) is 18.6 Å². The summed E-state index contributed by atoms with van der Waals surface area (Å²) in [6.07, 6.45) is 4.82. The Hall–Kier alpha value is -1.12. The van der Waals surface area contributed by atoms with Gasteiger partial charge < -0.3 is 4.98 Å². The smallest absolute Gasteiger partial charge is 0.260 e. The summed E-state index contributed by atoms with van der Waals surface area (Å²) >= 11 is 0. The van der Waals surface area contributed by atoms with E-state index in [-0.39, 0.29) is 5.41 Å². The van der Waals surface area contributed by atoms with E-state index < -0.39 is 0 Å². The summed E-state index contributed by atoms with van der Waals surface area (Å²) < 4.78 is 0.885.